The third kappa shape index (κ3) is 2.67. The number of hydrogen-bond donors (Lipinski definition) is 0. The van der Waals surface area contributed by atoms with Crippen LogP contribution in [0, 0.1) is 0 Å². The maximum Gasteiger partial charge on any atom is 0.269 e. The first-order valence-corrected chi connectivity index (χ1v) is 9.15. The smallest absolute Gasteiger partial charge is 0.237 e. The van der Waals surface area contributed by atoms with E-state index in [1.54, 1.807) is 54.7 Å². The normalized spacial score (nSPS) is 11.7. The Labute approximate surface area is 148 Å². The lowest BCUT2D eigenvalue weighted by molar-refractivity contribution is 0.589. The summed E-state index contributed by atoms with van der Waals surface area (Å²) in [4.78, 5) is 12.5. The number of hydrogen-bond acceptors (Lipinski definition) is 5. The topological polar surface area (TPSA) is 77.7 Å². The van der Waals surface area contributed by atoms with Gasteiger partial charge in [0.15, 0.2) is 5.65 Å². The fourth-order valence-electron chi connectivity index (χ4n) is 2.61. The third-order valence-electron chi connectivity index (χ3n) is 3.73. The lowest BCUT2D eigenvalue weighted by Crippen LogP contribution is -2.12. The van der Waals surface area contributed by atoms with E-state index in [4.69, 9.17) is 11.6 Å². The molecule has 1 aromatic carbocycles. The lowest BCUT2D eigenvalue weighted by atomic mass is 10.1. The second kappa shape index (κ2) is 5.94. The zero-order valence-electron chi connectivity index (χ0n) is 12.7. The van der Waals surface area contributed by atoms with Crippen molar-refractivity contribution in [1.29, 1.82) is 0 Å². The highest BCUT2D eigenvalue weighted by molar-refractivity contribution is 7.90. The fraction of sp³-hybridized carbons (Fsp3) is 0. The summed E-state index contributed by atoms with van der Waals surface area (Å²) in [5, 5.41) is 0.755. The Morgan fingerprint density at radius 1 is 0.920 bits per heavy atom. The summed E-state index contributed by atoms with van der Waals surface area (Å²) in [6, 6.07) is 13.4. The number of benzene rings is 1. The molecule has 0 atom stereocenters. The maximum atomic E-state index is 13.0. The van der Waals surface area contributed by atoms with Gasteiger partial charge in [-0.1, -0.05) is 18.2 Å². The van der Waals surface area contributed by atoms with Gasteiger partial charge < -0.3 is 0 Å². The quantitative estimate of drug-likeness (QED) is 0.516. The lowest BCUT2D eigenvalue weighted by Gasteiger charge is -2.06. The molecule has 4 aromatic rings. The van der Waals surface area contributed by atoms with E-state index in [0.29, 0.717) is 22.3 Å². The Morgan fingerprint density at radius 3 is 2.48 bits per heavy atom. The SMILES string of the molecule is O=S(=O)(c1ccccc1)n1cc(-c2ccnc(Cl)n2)c2cccnc21. The van der Waals surface area contributed by atoms with Gasteiger partial charge in [0, 0.05) is 29.5 Å². The van der Waals surface area contributed by atoms with E-state index < -0.39 is 10.0 Å². The number of rotatable bonds is 3. The van der Waals surface area contributed by atoms with Crippen LogP contribution < -0.4 is 0 Å². The number of nitrogens with zero attached hydrogens (tertiary/aromatic N) is 4. The van der Waals surface area contributed by atoms with Gasteiger partial charge in [0.05, 0.1) is 10.6 Å². The van der Waals surface area contributed by atoms with Gasteiger partial charge in [0.2, 0.25) is 5.28 Å². The van der Waals surface area contributed by atoms with Crippen molar-refractivity contribution >= 4 is 32.7 Å². The summed E-state index contributed by atoms with van der Waals surface area (Å²) in [5.41, 5.74) is 1.48. The van der Waals surface area contributed by atoms with Crippen LogP contribution in [0.25, 0.3) is 22.3 Å². The van der Waals surface area contributed by atoms with Gasteiger partial charge in [-0.15, -0.1) is 0 Å². The molecular weight excluding hydrogens is 360 g/mol. The molecule has 124 valence electrons. The van der Waals surface area contributed by atoms with Crippen LogP contribution in [0.3, 0.4) is 0 Å². The minimum Gasteiger partial charge on any atom is -0.237 e. The van der Waals surface area contributed by atoms with Crippen LogP contribution >= 0.6 is 11.6 Å². The van der Waals surface area contributed by atoms with Gasteiger partial charge in [0.25, 0.3) is 10.0 Å². The molecule has 0 saturated carbocycles. The summed E-state index contributed by atoms with van der Waals surface area (Å²) in [7, 11) is -3.79. The van der Waals surface area contributed by atoms with E-state index in [9.17, 15) is 8.42 Å². The number of halogens is 1. The van der Waals surface area contributed by atoms with Gasteiger partial charge in [-0.2, -0.15) is 0 Å². The highest BCUT2D eigenvalue weighted by atomic mass is 35.5. The highest BCUT2D eigenvalue weighted by Crippen LogP contribution is 2.31. The Kier molecular flexibility index (Phi) is 3.74. The summed E-state index contributed by atoms with van der Waals surface area (Å²) >= 11 is 5.88. The van der Waals surface area contributed by atoms with Crippen molar-refractivity contribution < 1.29 is 8.42 Å². The van der Waals surface area contributed by atoms with Crippen LogP contribution in [0.4, 0.5) is 0 Å². The van der Waals surface area contributed by atoms with Gasteiger partial charge in [-0.05, 0) is 41.9 Å². The molecule has 0 fully saturated rings. The van der Waals surface area contributed by atoms with Crippen LogP contribution in [-0.2, 0) is 10.0 Å². The Hall–Kier alpha value is -2.77. The van der Waals surface area contributed by atoms with Crippen molar-refractivity contribution in [2.45, 2.75) is 4.90 Å². The third-order valence-corrected chi connectivity index (χ3v) is 5.58. The summed E-state index contributed by atoms with van der Waals surface area (Å²) < 4.78 is 27.2. The second-order valence-electron chi connectivity index (χ2n) is 5.24. The molecule has 0 aliphatic heterocycles. The van der Waals surface area contributed by atoms with Crippen molar-refractivity contribution in [3.63, 3.8) is 0 Å². The van der Waals surface area contributed by atoms with E-state index >= 15 is 0 Å². The minimum absolute atomic E-state index is 0.0909. The van der Waals surface area contributed by atoms with E-state index in [0.717, 1.165) is 0 Å². The summed E-state index contributed by atoms with van der Waals surface area (Å²) in [5.74, 6) is 0. The van der Waals surface area contributed by atoms with Crippen molar-refractivity contribution in [2.75, 3.05) is 0 Å². The molecule has 0 radical (unpaired) electrons. The first-order valence-electron chi connectivity index (χ1n) is 7.33. The molecule has 0 N–H and O–H groups in total. The average molecular weight is 371 g/mol. The maximum absolute atomic E-state index is 13.0. The second-order valence-corrected chi connectivity index (χ2v) is 7.40. The molecule has 0 saturated heterocycles. The van der Waals surface area contributed by atoms with Gasteiger partial charge in [0.1, 0.15) is 0 Å². The Balaban J connectivity index is 2.01. The number of fused-ring (bicyclic) bond motifs is 1. The molecule has 6 nitrogen and oxygen atoms in total. The van der Waals surface area contributed by atoms with Crippen LogP contribution in [0.1, 0.15) is 0 Å². The van der Waals surface area contributed by atoms with Crippen molar-refractivity contribution in [3.8, 4) is 11.3 Å². The fourth-order valence-corrected chi connectivity index (χ4v) is 4.10. The average Bonchev–Trinajstić information content (AvgIpc) is 3.03. The van der Waals surface area contributed by atoms with E-state index in [1.807, 2.05) is 0 Å². The summed E-state index contributed by atoms with van der Waals surface area (Å²) in [6.45, 7) is 0. The van der Waals surface area contributed by atoms with Gasteiger partial charge in [-0.3, -0.25) is 0 Å². The standard InChI is InChI=1S/C17H11ClN4O2S/c18-17-20-10-8-15(21-17)14-11-22(16-13(14)7-4-9-19-16)25(23,24)12-5-2-1-3-6-12/h1-11H. The molecule has 0 spiro atoms. The van der Waals surface area contributed by atoms with Crippen molar-refractivity contribution in [2.24, 2.45) is 0 Å². The molecule has 0 unspecified atom stereocenters. The molecular formula is C17H11ClN4O2S. The predicted molar refractivity (Wildman–Crippen MR) is 94.8 cm³/mol. The molecule has 3 heterocycles. The van der Waals surface area contributed by atoms with E-state index in [2.05, 4.69) is 15.0 Å². The number of aromatic nitrogens is 4. The van der Waals surface area contributed by atoms with Crippen molar-refractivity contribution in [1.82, 2.24) is 18.9 Å². The molecule has 0 aliphatic carbocycles. The molecule has 25 heavy (non-hydrogen) atoms. The largest absolute Gasteiger partial charge is 0.269 e. The van der Waals surface area contributed by atoms with Crippen LogP contribution in [-0.4, -0.2) is 27.3 Å². The van der Waals surface area contributed by atoms with Gasteiger partial charge in [-0.25, -0.2) is 27.3 Å². The van der Waals surface area contributed by atoms with Gasteiger partial charge >= 0.3 is 0 Å². The first kappa shape index (κ1) is 15.7. The highest BCUT2D eigenvalue weighted by Gasteiger charge is 2.22. The molecule has 3 aromatic heterocycles. The number of pyridine rings is 1. The zero-order chi connectivity index (χ0) is 17.4. The summed E-state index contributed by atoms with van der Waals surface area (Å²) in [6.07, 6.45) is 4.59. The van der Waals surface area contributed by atoms with Crippen LogP contribution in [0.5, 0.6) is 0 Å². The van der Waals surface area contributed by atoms with Crippen LogP contribution in [0.15, 0.2) is 72.0 Å². The predicted octanol–water partition coefficient (Wildman–Crippen LogP) is 3.38. The zero-order valence-corrected chi connectivity index (χ0v) is 14.3. The first-order chi connectivity index (χ1) is 12.1. The molecule has 8 heteroatoms. The van der Waals surface area contributed by atoms with E-state index in [1.165, 1.54) is 16.4 Å². The molecule has 0 bridgehead atoms. The molecule has 0 amide bonds. The Morgan fingerprint density at radius 2 is 1.72 bits per heavy atom. The van der Waals surface area contributed by atoms with E-state index in [-0.39, 0.29) is 10.2 Å². The minimum atomic E-state index is -3.79. The molecule has 4 rings (SSSR count). The molecule has 0 aliphatic rings. The monoisotopic (exact) mass is 370 g/mol. The van der Waals surface area contributed by atoms with Crippen LogP contribution in [0.2, 0.25) is 5.28 Å². The Bertz CT molecular complexity index is 1170. The van der Waals surface area contributed by atoms with Crippen molar-refractivity contribution in [3.05, 3.63) is 72.4 Å².